The molecule has 0 bridgehead atoms. The number of benzene rings is 3. The van der Waals surface area contributed by atoms with Gasteiger partial charge in [0.2, 0.25) is 0 Å². The lowest BCUT2D eigenvalue weighted by atomic mass is 9.94. The second kappa shape index (κ2) is 7.70. The molecular weight excluding hydrogens is 422 g/mol. The zero-order chi connectivity index (χ0) is 23.3. The smallest absolute Gasteiger partial charge is 0.300 e. The van der Waals surface area contributed by atoms with Crippen molar-refractivity contribution in [1.82, 2.24) is 0 Å². The van der Waals surface area contributed by atoms with E-state index in [1.54, 1.807) is 42.5 Å². The third-order valence-corrected chi connectivity index (χ3v) is 5.96. The van der Waals surface area contributed by atoms with E-state index in [0.717, 1.165) is 11.3 Å². The second-order valence-electron chi connectivity index (χ2n) is 8.20. The lowest BCUT2D eigenvalue weighted by Gasteiger charge is -2.26. The Balaban J connectivity index is 1.70. The molecule has 0 radical (unpaired) electrons. The predicted molar refractivity (Wildman–Crippen MR) is 121 cm³/mol. The number of rotatable bonds is 3. The Kier molecular flexibility index (Phi) is 4.82. The van der Waals surface area contributed by atoms with Crippen molar-refractivity contribution in [2.75, 3.05) is 4.90 Å². The summed E-state index contributed by atoms with van der Waals surface area (Å²) in [6.07, 6.45) is 0.686. The summed E-state index contributed by atoms with van der Waals surface area (Å²) >= 11 is 0. The zero-order valence-corrected chi connectivity index (χ0v) is 17.7. The van der Waals surface area contributed by atoms with Crippen LogP contribution in [0.5, 0.6) is 17.2 Å². The number of fused-ring (bicyclic) bond motifs is 1. The Morgan fingerprint density at radius 1 is 1.00 bits per heavy atom. The van der Waals surface area contributed by atoms with Crippen molar-refractivity contribution in [1.29, 1.82) is 0 Å². The molecule has 0 saturated carbocycles. The average Bonchev–Trinajstić information content (AvgIpc) is 3.30. The summed E-state index contributed by atoms with van der Waals surface area (Å²) in [5.41, 5.74) is 1.84. The van der Waals surface area contributed by atoms with Crippen molar-refractivity contribution < 1.29 is 29.6 Å². The van der Waals surface area contributed by atoms with Crippen molar-refractivity contribution in [2.45, 2.75) is 25.5 Å². The van der Waals surface area contributed by atoms with Gasteiger partial charge in [-0.2, -0.15) is 0 Å². The van der Waals surface area contributed by atoms with E-state index in [-0.39, 0.29) is 34.6 Å². The van der Waals surface area contributed by atoms with Gasteiger partial charge in [0, 0.05) is 12.0 Å². The van der Waals surface area contributed by atoms with E-state index < -0.39 is 17.7 Å². The van der Waals surface area contributed by atoms with Crippen molar-refractivity contribution >= 4 is 23.1 Å². The highest BCUT2D eigenvalue weighted by Crippen LogP contribution is 2.45. The van der Waals surface area contributed by atoms with Gasteiger partial charge < -0.3 is 20.1 Å². The number of ketones is 1. The van der Waals surface area contributed by atoms with Gasteiger partial charge in [0.15, 0.2) is 0 Å². The normalized spacial score (nSPS) is 21.2. The van der Waals surface area contributed by atoms with E-state index in [1.807, 2.05) is 6.92 Å². The number of Topliss-reactive ketones (excluding diaryl/α,β-unsaturated/α-hetero) is 1. The first-order valence-electron chi connectivity index (χ1n) is 10.5. The van der Waals surface area contributed by atoms with Gasteiger partial charge in [-0.15, -0.1) is 0 Å². The molecule has 166 valence electrons. The van der Waals surface area contributed by atoms with Gasteiger partial charge >= 0.3 is 0 Å². The van der Waals surface area contributed by atoms with Crippen LogP contribution in [0.1, 0.15) is 29.7 Å². The number of hydrogen-bond donors (Lipinski definition) is 3. The number of aliphatic hydroxyl groups excluding tert-OH is 1. The number of amides is 1. The average molecular weight is 443 g/mol. The lowest BCUT2D eigenvalue weighted by Crippen LogP contribution is -2.29. The maximum atomic E-state index is 13.2. The van der Waals surface area contributed by atoms with Gasteiger partial charge in [0.05, 0.1) is 17.3 Å². The largest absolute Gasteiger partial charge is 0.508 e. The fraction of sp³-hybridized carbons (Fsp3) is 0.154. The molecular formula is C26H21NO6. The molecule has 7 nitrogen and oxygen atoms in total. The number of nitrogens with zero attached hydrogens (tertiary/aromatic N) is 1. The number of hydrogen-bond acceptors (Lipinski definition) is 6. The summed E-state index contributed by atoms with van der Waals surface area (Å²) in [7, 11) is 0. The molecule has 3 aromatic rings. The van der Waals surface area contributed by atoms with Gasteiger partial charge in [0.1, 0.15) is 29.1 Å². The minimum Gasteiger partial charge on any atom is -0.508 e. The van der Waals surface area contributed by atoms with Crippen LogP contribution < -0.4 is 9.64 Å². The van der Waals surface area contributed by atoms with Crippen molar-refractivity contribution in [3.8, 4) is 17.2 Å². The maximum absolute atomic E-state index is 13.2. The number of phenolic OH excluding ortho intramolecular Hbond substituents is 2. The van der Waals surface area contributed by atoms with E-state index in [1.165, 1.54) is 29.2 Å². The van der Waals surface area contributed by atoms with E-state index >= 15 is 0 Å². The minimum atomic E-state index is -0.998. The topological polar surface area (TPSA) is 107 Å². The molecule has 2 unspecified atom stereocenters. The van der Waals surface area contributed by atoms with Gasteiger partial charge in [-0.3, -0.25) is 14.5 Å². The number of aromatic hydroxyl groups is 2. The number of ether oxygens (including phenoxy) is 1. The summed E-state index contributed by atoms with van der Waals surface area (Å²) in [5.74, 6) is -1.47. The quantitative estimate of drug-likeness (QED) is 0.320. The fourth-order valence-corrected chi connectivity index (χ4v) is 4.45. The number of carbonyl (C=O) groups excluding carboxylic acids is 2. The van der Waals surface area contributed by atoms with Crippen molar-refractivity contribution in [3.05, 3.63) is 89.0 Å². The standard InChI is InChI=1S/C26H21NO6/c1-14-12-17-13-16(8-11-21(17)33-14)24(30)22-23(15-6-9-18(28)10-7-15)27(26(32)25(22)31)19-4-2-3-5-20(19)29/h2-11,13-14,23,28-30H,12H2,1H3/b24-22-. The van der Waals surface area contributed by atoms with E-state index in [2.05, 4.69) is 0 Å². The number of aliphatic hydroxyl groups is 1. The molecule has 2 aliphatic rings. The number of phenols is 2. The van der Waals surface area contributed by atoms with E-state index in [9.17, 15) is 24.9 Å². The summed E-state index contributed by atoms with van der Waals surface area (Å²) in [5, 5.41) is 31.4. The zero-order valence-electron chi connectivity index (χ0n) is 17.7. The molecule has 3 N–H and O–H groups in total. The van der Waals surface area contributed by atoms with E-state index in [0.29, 0.717) is 17.5 Å². The summed E-state index contributed by atoms with van der Waals surface area (Å²) in [6.45, 7) is 1.95. The Labute approximate surface area is 189 Å². The molecule has 1 amide bonds. The molecule has 0 aromatic heterocycles. The lowest BCUT2D eigenvalue weighted by molar-refractivity contribution is -0.132. The monoisotopic (exact) mass is 443 g/mol. The number of carbonyl (C=O) groups is 2. The fourth-order valence-electron chi connectivity index (χ4n) is 4.45. The summed E-state index contributed by atoms with van der Waals surface area (Å²) < 4.78 is 5.72. The highest BCUT2D eigenvalue weighted by atomic mass is 16.5. The van der Waals surface area contributed by atoms with Crippen molar-refractivity contribution in [3.63, 3.8) is 0 Å². The highest BCUT2D eigenvalue weighted by molar-refractivity contribution is 6.51. The molecule has 5 rings (SSSR count). The molecule has 1 saturated heterocycles. The Bertz CT molecular complexity index is 1310. The van der Waals surface area contributed by atoms with Crippen LogP contribution in [0.25, 0.3) is 5.76 Å². The highest BCUT2D eigenvalue weighted by Gasteiger charge is 2.47. The predicted octanol–water partition coefficient (Wildman–Crippen LogP) is 4.05. The molecule has 1 fully saturated rings. The molecule has 2 atom stereocenters. The Morgan fingerprint density at radius 2 is 1.73 bits per heavy atom. The minimum absolute atomic E-state index is 0.0148. The molecule has 3 aromatic carbocycles. The first kappa shape index (κ1) is 20.6. The van der Waals surface area contributed by atoms with Gasteiger partial charge in [0.25, 0.3) is 11.7 Å². The van der Waals surface area contributed by atoms with Crippen LogP contribution in [0.3, 0.4) is 0 Å². The van der Waals surface area contributed by atoms with Crippen molar-refractivity contribution in [2.24, 2.45) is 0 Å². The molecule has 33 heavy (non-hydrogen) atoms. The second-order valence-corrected chi connectivity index (χ2v) is 8.20. The van der Waals surface area contributed by atoms with Crippen LogP contribution in [-0.4, -0.2) is 33.1 Å². The molecule has 2 heterocycles. The maximum Gasteiger partial charge on any atom is 0.300 e. The van der Waals surface area contributed by atoms with Gasteiger partial charge in [-0.25, -0.2) is 0 Å². The molecule has 2 aliphatic heterocycles. The van der Waals surface area contributed by atoms with Crippen LogP contribution in [0.4, 0.5) is 5.69 Å². The Morgan fingerprint density at radius 3 is 2.45 bits per heavy atom. The van der Waals surface area contributed by atoms with E-state index in [4.69, 9.17) is 4.74 Å². The van der Waals surface area contributed by atoms with Crippen LogP contribution in [0.15, 0.2) is 72.3 Å². The van der Waals surface area contributed by atoms with Crippen LogP contribution in [0.2, 0.25) is 0 Å². The van der Waals surface area contributed by atoms with Crippen LogP contribution in [0, 0.1) is 0 Å². The number of anilines is 1. The van der Waals surface area contributed by atoms with Crippen LogP contribution in [-0.2, 0) is 16.0 Å². The third-order valence-electron chi connectivity index (χ3n) is 5.96. The molecule has 0 spiro atoms. The van der Waals surface area contributed by atoms with Gasteiger partial charge in [-0.05, 0) is 60.5 Å². The number of para-hydroxylation sites is 2. The summed E-state index contributed by atoms with van der Waals surface area (Å²) in [4.78, 5) is 27.5. The molecule has 0 aliphatic carbocycles. The summed E-state index contributed by atoms with van der Waals surface area (Å²) in [6, 6.07) is 16.4. The van der Waals surface area contributed by atoms with Crippen LogP contribution >= 0.6 is 0 Å². The molecule has 7 heteroatoms. The third kappa shape index (κ3) is 3.38. The van der Waals surface area contributed by atoms with Gasteiger partial charge in [-0.1, -0.05) is 24.3 Å². The Hall–Kier alpha value is -4.26. The first-order valence-corrected chi connectivity index (χ1v) is 10.5. The first-order chi connectivity index (χ1) is 15.8. The SMILES string of the molecule is CC1Cc2cc(/C(O)=C3/C(=O)C(=O)N(c4ccccc4O)C3c3ccc(O)cc3)ccc2O1.